The lowest BCUT2D eigenvalue weighted by Crippen LogP contribution is -2.53. The van der Waals surface area contributed by atoms with Crippen molar-refractivity contribution < 1.29 is 4.79 Å². The molecule has 1 amide bonds. The highest BCUT2D eigenvalue weighted by atomic mass is 32.2. The Labute approximate surface area is 174 Å². The van der Waals surface area contributed by atoms with E-state index in [9.17, 15) is 4.79 Å². The molecule has 3 rings (SSSR count). The molecule has 1 heterocycles. The topological polar surface area (TPSA) is 47.9 Å². The summed E-state index contributed by atoms with van der Waals surface area (Å²) in [5, 5.41) is 3.55. The molecule has 154 valence electrons. The van der Waals surface area contributed by atoms with E-state index in [0.29, 0.717) is 4.75 Å². The van der Waals surface area contributed by atoms with Crippen molar-refractivity contribution in [3.8, 4) is 0 Å². The van der Waals surface area contributed by atoms with E-state index in [1.165, 1.54) is 43.4 Å². The summed E-state index contributed by atoms with van der Waals surface area (Å²) >= 11 is 2.19. The van der Waals surface area contributed by atoms with Gasteiger partial charge in [-0.1, -0.05) is 31.4 Å². The Hall–Kier alpha value is -1.69. The first kappa shape index (κ1) is 21.0. The van der Waals surface area contributed by atoms with E-state index < -0.39 is 0 Å². The molecule has 0 radical (unpaired) electrons. The van der Waals surface area contributed by atoms with E-state index in [2.05, 4.69) is 33.0 Å². The SMILES string of the molecule is CN=C(NCCc1cccc(C(=O)N(C)C)c1)N1CCSC2(CCCCC2)C1. The van der Waals surface area contributed by atoms with Gasteiger partial charge in [0.2, 0.25) is 0 Å². The molecule has 2 aliphatic rings. The second-order valence-corrected chi connectivity index (χ2v) is 9.70. The van der Waals surface area contributed by atoms with Crippen molar-refractivity contribution in [2.24, 2.45) is 4.99 Å². The molecule has 1 aliphatic carbocycles. The van der Waals surface area contributed by atoms with Crippen LogP contribution in [0.4, 0.5) is 0 Å². The van der Waals surface area contributed by atoms with Crippen molar-refractivity contribution in [2.45, 2.75) is 43.3 Å². The van der Waals surface area contributed by atoms with Gasteiger partial charge in [-0.15, -0.1) is 0 Å². The molecule has 1 saturated heterocycles. The molecule has 1 aliphatic heterocycles. The molecular weight excluding hydrogens is 368 g/mol. The number of amides is 1. The standard InChI is InChI=1S/C22H34N4OS/c1-23-21(26-14-15-28-22(17-26)11-5-4-6-12-22)24-13-10-18-8-7-9-19(16-18)20(27)25(2)3/h7-9,16H,4-6,10-15,17H2,1-3H3,(H,23,24). The van der Waals surface area contributed by atoms with Crippen molar-refractivity contribution in [3.63, 3.8) is 0 Å². The first-order valence-electron chi connectivity index (χ1n) is 10.4. The minimum atomic E-state index is 0.0502. The molecule has 1 N–H and O–H groups in total. The first-order chi connectivity index (χ1) is 13.5. The van der Waals surface area contributed by atoms with Crippen LogP contribution in [0.25, 0.3) is 0 Å². The van der Waals surface area contributed by atoms with Crippen LogP contribution in [0, 0.1) is 0 Å². The average molecular weight is 403 g/mol. The molecule has 0 aromatic heterocycles. The Morgan fingerprint density at radius 1 is 1.29 bits per heavy atom. The fourth-order valence-electron chi connectivity index (χ4n) is 4.29. The summed E-state index contributed by atoms with van der Waals surface area (Å²) in [6, 6.07) is 7.94. The molecule has 0 bridgehead atoms. The van der Waals surface area contributed by atoms with Gasteiger partial charge in [-0.25, -0.2) is 0 Å². The highest BCUT2D eigenvalue weighted by Gasteiger charge is 2.38. The fourth-order valence-corrected chi connectivity index (χ4v) is 5.86. The molecule has 2 fully saturated rings. The monoisotopic (exact) mass is 402 g/mol. The van der Waals surface area contributed by atoms with E-state index in [-0.39, 0.29) is 5.91 Å². The number of hydrogen-bond acceptors (Lipinski definition) is 3. The van der Waals surface area contributed by atoms with Crippen LogP contribution in [0.1, 0.15) is 48.0 Å². The van der Waals surface area contributed by atoms with Crippen molar-refractivity contribution in [1.29, 1.82) is 0 Å². The lowest BCUT2D eigenvalue weighted by Gasteiger charge is -2.45. The average Bonchev–Trinajstić information content (AvgIpc) is 2.71. The highest BCUT2D eigenvalue weighted by Crippen LogP contribution is 2.42. The van der Waals surface area contributed by atoms with Gasteiger partial charge in [0, 0.05) is 56.8 Å². The lowest BCUT2D eigenvalue weighted by atomic mass is 9.87. The maximum Gasteiger partial charge on any atom is 0.253 e. The van der Waals surface area contributed by atoms with E-state index >= 15 is 0 Å². The number of nitrogens with zero attached hydrogens (tertiary/aromatic N) is 3. The Balaban J connectivity index is 1.55. The van der Waals surface area contributed by atoms with Crippen LogP contribution in [0.15, 0.2) is 29.3 Å². The summed E-state index contributed by atoms with van der Waals surface area (Å²) in [6.45, 7) is 3.01. The summed E-state index contributed by atoms with van der Waals surface area (Å²) in [6.07, 6.45) is 7.70. The molecule has 1 aromatic carbocycles. The molecule has 28 heavy (non-hydrogen) atoms. The molecule has 1 spiro atoms. The van der Waals surface area contributed by atoms with E-state index in [1.807, 2.05) is 25.2 Å². The number of carbonyl (C=O) groups excluding carboxylic acids is 1. The number of thioether (sulfide) groups is 1. The normalized spacial score (nSPS) is 19.5. The molecule has 1 aromatic rings. The van der Waals surface area contributed by atoms with Crippen molar-refractivity contribution in [3.05, 3.63) is 35.4 Å². The van der Waals surface area contributed by atoms with Gasteiger partial charge < -0.3 is 15.1 Å². The third kappa shape index (κ3) is 5.22. The second kappa shape index (κ2) is 9.68. The van der Waals surface area contributed by atoms with E-state index in [0.717, 1.165) is 37.6 Å². The zero-order chi connectivity index (χ0) is 20.0. The quantitative estimate of drug-likeness (QED) is 0.620. The number of benzene rings is 1. The van der Waals surface area contributed by atoms with Crippen molar-refractivity contribution >= 4 is 23.6 Å². The number of carbonyl (C=O) groups is 1. The molecule has 1 saturated carbocycles. The third-order valence-corrected chi connectivity index (χ3v) is 7.34. The summed E-state index contributed by atoms with van der Waals surface area (Å²) < 4.78 is 0.439. The predicted molar refractivity (Wildman–Crippen MR) is 119 cm³/mol. The molecule has 5 nitrogen and oxygen atoms in total. The Bertz CT molecular complexity index is 692. The maximum absolute atomic E-state index is 12.2. The molecule has 6 heteroatoms. The smallest absolute Gasteiger partial charge is 0.253 e. The Kier molecular flexibility index (Phi) is 7.27. The van der Waals surface area contributed by atoms with E-state index in [4.69, 9.17) is 0 Å². The van der Waals surface area contributed by atoms with Gasteiger partial charge in [-0.05, 0) is 37.0 Å². The fraction of sp³-hybridized carbons (Fsp3) is 0.636. The van der Waals surface area contributed by atoms with Crippen LogP contribution in [-0.4, -0.2) is 72.9 Å². The van der Waals surface area contributed by atoms with E-state index in [1.54, 1.807) is 19.0 Å². The van der Waals surface area contributed by atoms with Crippen molar-refractivity contribution in [1.82, 2.24) is 15.1 Å². The minimum absolute atomic E-state index is 0.0502. The van der Waals surface area contributed by atoms with Gasteiger partial charge in [-0.3, -0.25) is 9.79 Å². The van der Waals surface area contributed by atoms with Crippen molar-refractivity contribution in [2.75, 3.05) is 46.5 Å². The summed E-state index contributed by atoms with van der Waals surface area (Å²) in [5.41, 5.74) is 1.92. The van der Waals surface area contributed by atoms with Crippen LogP contribution in [0.5, 0.6) is 0 Å². The Morgan fingerprint density at radius 2 is 2.07 bits per heavy atom. The lowest BCUT2D eigenvalue weighted by molar-refractivity contribution is 0.0827. The van der Waals surface area contributed by atoms with Gasteiger partial charge in [0.25, 0.3) is 5.91 Å². The minimum Gasteiger partial charge on any atom is -0.356 e. The van der Waals surface area contributed by atoms with Crippen LogP contribution < -0.4 is 5.32 Å². The summed E-state index contributed by atoms with van der Waals surface area (Å²) in [4.78, 5) is 20.8. The molecule has 0 unspecified atom stereocenters. The number of nitrogens with one attached hydrogen (secondary N) is 1. The zero-order valence-electron chi connectivity index (χ0n) is 17.5. The van der Waals surface area contributed by atoms with Crippen LogP contribution >= 0.6 is 11.8 Å². The summed E-state index contributed by atoms with van der Waals surface area (Å²) in [5.74, 6) is 2.26. The largest absolute Gasteiger partial charge is 0.356 e. The van der Waals surface area contributed by atoms with Gasteiger partial charge in [0.1, 0.15) is 0 Å². The van der Waals surface area contributed by atoms with Crippen LogP contribution in [0.2, 0.25) is 0 Å². The third-order valence-electron chi connectivity index (χ3n) is 5.80. The molecular formula is C22H34N4OS. The second-order valence-electron chi connectivity index (χ2n) is 8.14. The first-order valence-corrected chi connectivity index (χ1v) is 11.4. The van der Waals surface area contributed by atoms with Gasteiger partial charge in [0.05, 0.1) is 0 Å². The van der Waals surface area contributed by atoms with Crippen LogP contribution in [-0.2, 0) is 6.42 Å². The Morgan fingerprint density at radius 3 is 2.79 bits per heavy atom. The maximum atomic E-state index is 12.2. The number of aliphatic imine (C=N–C) groups is 1. The van der Waals surface area contributed by atoms with Crippen LogP contribution in [0.3, 0.4) is 0 Å². The van der Waals surface area contributed by atoms with Gasteiger partial charge >= 0.3 is 0 Å². The zero-order valence-corrected chi connectivity index (χ0v) is 18.4. The number of rotatable bonds is 4. The predicted octanol–water partition coefficient (Wildman–Crippen LogP) is 3.26. The molecule has 0 atom stereocenters. The summed E-state index contributed by atoms with van der Waals surface area (Å²) in [7, 11) is 5.46. The van der Waals surface area contributed by atoms with Gasteiger partial charge in [0.15, 0.2) is 5.96 Å². The highest BCUT2D eigenvalue weighted by molar-refractivity contribution is 8.00. The number of guanidine groups is 1. The van der Waals surface area contributed by atoms with Gasteiger partial charge in [-0.2, -0.15) is 11.8 Å². The number of hydrogen-bond donors (Lipinski definition) is 1.